The van der Waals surface area contributed by atoms with Crippen molar-refractivity contribution in [1.29, 1.82) is 0 Å². The van der Waals surface area contributed by atoms with Gasteiger partial charge in [0, 0.05) is 16.5 Å². The summed E-state index contributed by atoms with van der Waals surface area (Å²) in [7, 11) is 0. The minimum atomic E-state index is 0.103. The van der Waals surface area contributed by atoms with Crippen molar-refractivity contribution in [3.05, 3.63) is 30.4 Å². The molecule has 0 saturated heterocycles. The topological polar surface area (TPSA) is 26.0 Å². The largest absolute Gasteiger partial charge is 0.470 e. The van der Waals surface area contributed by atoms with Crippen molar-refractivity contribution in [2.75, 3.05) is 0 Å². The van der Waals surface area contributed by atoms with Crippen LogP contribution in [0.3, 0.4) is 0 Å². The molecular formula is C11H13NO. The number of furan rings is 1. The molecule has 2 rings (SSSR count). The predicted molar refractivity (Wildman–Crippen MR) is 52.7 cm³/mol. The van der Waals surface area contributed by atoms with E-state index in [2.05, 4.69) is 31.8 Å². The molecule has 0 atom stereocenters. The molecule has 2 aromatic rings. The van der Waals surface area contributed by atoms with Crippen LogP contribution in [0.2, 0.25) is 0 Å². The second-order valence-corrected chi connectivity index (χ2v) is 4.29. The summed E-state index contributed by atoms with van der Waals surface area (Å²) in [6.07, 6.45) is 3.40. The molecule has 0 radical (unpaired) electrons. The smallest absolute Gasteiger partial charge is 0.117 e. The van der Waals surface area contributed by atoms with E-state index in [1.165, 1.54) is 0 Å². The van der Waals surface area contributed by atoms with Crippen LogP contribution < -0.4 is 0 Å². The molecule has 0 spiro atoms. The third-order valence-corrected chi connectivity index (χ3v) is 2.10. The normalized spacial score (nSPS) is 12.2. The molecule has 2 heterocycles. The summed E-state index contributed by atoms with van der Waals surface area (Å²) >= 11 is 0. The Hall–Kier alpha value is -1.31. The van der Waals surface area contributed by atoms with Crippen LogP contribution in [0.25, 0.3) is 10.9 Å². The Morgan fingerprint density at radius 2 is 1.92 bits per heavy atom. The molecule has 2 nitrogen and oxygen atoms in total. The quantitative estimate of drug-likeness (QED) is 0.614. The SMILES string of the molecule is CC(C)(C)c1ccc2cocc2n1. The molecule has 0 aromatic carbocycles. The Bertz CT molecular complexity index is 423. The van der Waals surface area contributed by atoms with E-state index in [9.17, 15) is 0 Å². The molecule has 0 amide bonds. The van der Waals surface area contributed by atoms with Crippen LogP contribution in [0.4, 0.5) is 0 Å². The summed E-state index contributed by atoms with van der Waals surface area (Å²) in [4.78, 5) is 4.51. The standard InChI is InChI=1S/C11H13NO/c1-11(2,3)10-5-4-8-6-13-7-9(8)12-10/h4-7H,1-3H3. The lowest BCUT2D eigenvalue weighted by Crippen LogP contribution is -2.12. The van der Waals surface area contributed by atoms with Gasteiger partial charge in [-0.25, -0.2) is 4.98 Å². The van der Waals surface area contributed by atoms with Crippen molar-refractivity contribution in [2.45, 2.75) is 26.2 Å². The van der Waals surface area contributed by atoms with Gasteiger partial charge in [-0.15, -0.1) is 0 Å². The van der Waals surface area contributed by atoms with Gasteiger partial charge >= 0.3 is 0 Å². The molecule has 0 aliphatic heterocycles. The summed E-state index contributed by atoms with van der Waals surface area (Å²) in [5, 5.41) is 1.06. The predicted octanol–water partition coefficient (Wildman–Crippen LogP) is 3.13. The molecule has 0 aliphatic rings. The number of aromatic nitrogens is 1. The van der Waals surface area contributed by atoms with E-state index in [0.29, 0.717) is 0 Å². The van der Waals surface area contributed by atoms with Gasteiger partial charge in [-0.2, -0.15) is 0 Å². The highest BCUT2D eigenvalue weighted by Crippen LogP contribution is 2.22. The van der Waals surface area contributed by atoms with E-state index < -0.39 is 0 Å². The lowest BCUT2D eigenvalue weighted by Gasteiger charge is -2.16. The summed E-state index contributed by atoms with van der Waals surface area (Å²) in [6.45, 7) is 6.46. The number of nitrogens with zero attached hydrogens (tertiary/aromatic N) is 1. The molecule has 0 aliphatic carbocycles. The Morgan fingerprint density at radius 1 is 1.15 bits per heavy atom. The van der Waals surface area contributed by atoms with E-state index in [4.69, 9.17) is 4.42 Å². The van der Waals surface area contributed by atoms with Gasteiger partial charge in [0.2, 0.25) is 0 Å². The zero-order valence-electron chi connectivity index (χ0n) is 8.16. The molecule has 0 N–H and O–H groups in total. The van der Waals surface area contributed by atoms with Crippen molar-refractivity contribution >= 4 is 10.9 Å². The molecule has 0 fully saturated rings. The third-order valence-electron chi connectivity index (χ3n) is 2.10. The second kappa shape index (κ2) is 2.59. The van der Waals surface area contributed by atoms with E-state index in [-0.39, 0.29) is 5.41 Å². The molecule has 2 heteroatoms. The lowest BCUT2D eigenvalue weighted by molar-refractivity contribution is 0.566. The van der Waals surface area contributed by atoms with Crippen LogP contribution in [0.15, 0.2) is 29.1 Å². The highest BCUT2D eigenvalue weighted by Gasteiger charge is 2.15. The molecule has 68 valence electrons. The highest BCUT2D eigenvalue weighted by atomic mass is 16.3. The zero-order valence-corrected chi connectivity index (χ0v) is 8.16. The highest BCUT2D eigenvalue weighted by molar-refractivity contribution is 5.76. The minimum Gasteiger partial charge on any atom is -0.470 e. The lowest BCUT2D eigenvalue weighted by atomic mass is 9.91. The van der Waals surface area contributed by atoms with Crippen LogP contribution >= 0.6 is 0 Å². The zero-order chi connectivity index (χ0) is 9.47. The molecular weight excluding hydrogens is 162 g/mol. The first-order valence-corrected chi connectivity index (χ1v) is 4.41. The van der Waals surface area contributed by atoms with Gasteiger partial charge in [-0.1, -0.05) is 20.8 Å². The summed E-state index contributed by atoms with van der Waals surface area (Å²) in [6, 6.07) is 4.10. The fourth-order valence-corrected chi connectivity index (χ4v) is 1.27. The molecule has 0 unspecified atom stereocenters. The monoisotopic (exact) mass is 175 g/mol. The molecule has 0 bridgehead atoms. The molecule has 2 aromatic heterocycles. The van der Waals surface area contributed by atoms with Crippen LogP contribution in [0, 0.1) is 0 Å². The van der Waals surface area contributed by atoms with Gasteiger partial charge < -0.3 is 4.42 Å². The maximum atomic E-state index is 5.07. The second-order valence-electron chi connectivity index (χ2n) is 4.29. The molecule has 13 heavy (non-hydrogen) atoms. The van der Waals surface area contributed by atoms with Gasteiger partial charge in [-0.3, -0.25) is 0 Å². The Morgan fingerprint density at radius 3 is 2.62 bits per heavy atom. The Labute approximate surface area is 77.6 Å². The number of hydrogen-bond acceptors (Lipinski definition) is 2. The van der Waals surface area contributed by atoms with Gasteiger partial charge in [0.1, 0.15) is 11.8 Å². The van der Waals surface area contributed by atoms with E-state index >= 15 is 0 Å². The van der Waals surface area contributed by atoms with Crippen molar-refractivity contribution < 1.29 is 4.42 Å². The number of rotatable bonds is 0. The first-order chi connectivity index (χ1) is 6.07. The van der Waals surface area contributed by atoms with E-state index in [1.807, 2.05) is 6.07 Å². The first-order valence-electron chi connectivity index (χ1n) is 4.41. The number of fused-ring (bicyclic) bond motifs is 1. The fraction of sp³-hybridized carbons (Fsp3) is 0.364. The van der Waals surface area contributed by atoms with E-state index in [0.717, 1.165) is 16.6 Å². The Balaban J connectivity index is 2.61. The average Bonchev–Trinajstić information content (AvgIpc) is 2.47. The van der Waals surface area contributed by atoms with Gasteiger partial charge in [-0.05, 0) is 12.1 Å². The number of hydrogen-bond donors (Lipinski definition) is 0. The number of pyridine rings is 1. The maximum Gasteiger partial charge on any atom is 0.117 e. The van der Waals surface area contributed by atoms with Crippen molar-refractivity contribution in [2.24, 2.45) is 0 Å². The van der Waals surface area contributed by atoms with Crippen LogP contribution in [-0.2, 0) is 5.41 Å². The molecule has 0 saturated carbocycles. The third kappa shape index (κ3) is 1.44. The van der Waals surface area contributed by atoms with Gasteiger partial charge in [0.15, 0.2) is 0 Å². The first kappa shape index (κ1) is 8.30. The summed E-state index contributed by atoms with van der Waals surface area (Å²) < 4.78 is 5.07. The van der Waals surface area contributed by atoms with E-state index in [1.54, 1.807) is 12.5 Å². The van der Waals surface area contributed by atoms with Gasteiger partial charge in [0.05, 0.1) is 6.26 Å². The van der Waals surface area contributed by atoms with Crippen LogP contribution in [0.1, 0.15) is 26.5 Å². The van der Waals surface area contributed by atoms with Crippen molar-refractivity contribution in [3.8, 4) is 0 Å². The fourth-order valence-electron chi connectivity index (χ4n) is 1.27. The Kier molecular flexibility index (Phi) is 1.65. The average molecular weight is 175 g/mol. The summed E-state index contributed by atoms with van der Waals surface area (Å²) in [5.74, 6) is 0. The summed E-state index contributed by atoms with van der Waals surface area (Å²) in [5.41, 5.74) is 2.14. The van der Waals surface area contributed by atoms with Crippen molar-refractivity contribution in [3.63, 3.8) is 0 Å². The van der Waals surface area contributed by atoms with Gasteiger partial charge in [0.25, 0.3) is 0 Å². The maximum absolute atomic E-state index is 5.07. The van der Waals surface area contributed by atoms with Crippen LogP contribution in [-0.4, -0.2) is 4.98 Å². The van der Waals surface area contributed by atoms with Crippen molar-refractivity contribution in [1.82, 2.24) is 4.98 Å². The van der Waals surface area contributed by atoms with Crippen LogP contribution in [0.5, 0.6) is 0 Å². The minimum absolute atomic E-state index is 0.103.